The fraction of sp³-hybridized carbons (Fsp3) is 0.296. The van der Waals surface area contributed by atoms with E-state index in [0.717, 1.165) is 35.9 Å². The third-order valence-electron chi connectivity index (χ3n) is 7.23. The second kappa shape index (κ2) is 9.06. The van der Waals surface area contributed by atoms with Crippen LogP contribution in [0.3, 0.4) is 0 Å². The normalized spacial score (nSPS) is 19.8. The van der Waals surface area contributed by atoms with Crippen molar-refractivity contribution in [3.05, 3.63) is 87.6 Å². The second-order valence-electron chi connectivity index (χ2n) is 9.50. The third-order valence-corrected chi connectivity index (χ3v) is 7.56. The lowest BCUT2D eigenvalue weighted by Gasteiger charge is -2.19. The maximum atomic E-state index is 13.7. The number of aromatic nitrogens is 3. The number of nitrogens with one attached hydrogen (secondary N) is 1. The highest BCUT2D eigenvalue weighted by Gasteiger charge is 2.36. The van der Waals surface area contributed by atoms with Gasteiger partial charge in [0, 0.05) is 40.8 Å². The Kier molecular flexibility index (Phi) is 5.74. The van der Waals surface area contributed by atoms with Gasteiger partial charge in [0.05, 0.1) is 6.54 Å². The number of rotatable bonds is 5. The molecule has 0 amide bonds. The minimum Gasteiger partial charge on any atom is -0.288 e. The molecule has 1 N–H and O–H groups in total. The highest BCUT2D eigenvalue weighted by molar-refractivity contribution is 6.33. The first-order valence-corrected chi connectivity index (χ1v) is 12.3. The van der Waals surface area contributed by atoms with E-state index in [1.807, 2.05) is 18.2 Å². The van der Waals surface area contributed by atoms with Crippen LogP contribution in [0.5, 0.6) is 0 Å². The Morgan fingerprint density at radius 3 is 2.51 bits per heavy atom. The van der Waals surface area contributed by atoms with Gasteiger partial charge < -0.3 is 0 Å². The van der Waals surface area contributed by atoms with Gasteiger partial charge in [-0.1, -0.05) is 48.4 Å². The summed E-state index contributed by atoms with van der Waals surface area (Å²) in [6.07, 6.45) is 5.62. The van der Waals surface area contributed by atoms with Crippen molar-refractivity contribution >= 4 is 28.6 Å². The lowest BCUT2D eigenvalue weighted by Crippen LogP contribution is -2.30. The van der Waals surface area contributed by atoms with Crippen LogP contribution in [-0.4, -0.2) is 32.6 Å². The molecule has 0 radical (unpaired) electrons. The van der Waals surface area contributed by atoms with Crippen molar-refractivity contribution in [2.24, 2.45) is 11.8 Å². The summed E-state index contributed by atoms with van der Waals surface area (Å²) in [4.78, 5) is 23.0. The van der Waals surface area contributed by atoms with Crippen LogP contribution in [0, 0.1) is 17.7 Å². The Morgan fingerprint density at radius 1 is 1.03 bits per heavy atom. The molecule has 2 atom stereocenters. The molecule has 6 rings (SSSR count). The van der Waals surface area contributed by atoms with Crippen molar-refractivity contribution < 1.29 is 4.39 Å². The third kappa shape index (κ3) is 4.30. The quantitative estimate of drug-likeness (QED) is 0.409. The molecule has 3 heterocycles. The molecule has 4 aromatic rings. The van der Waals surface area contributed by atoms with Crippen LogP contribution in [0.2, 0.25) is 5.02 Å². The van der Waals surface area contributed by atoms with Gasteiger partial charge in [-0.15, -0.1) is 0 Å². The summed E-state index contributed by atoms with van der Waals surface area (Å²) >= 11 is 6.44. The number of anilines is 1. The standard InChI is InChI=1S/C27H25ClFN5O/c28-24-7-2-1-6-22(24)23-12-20-13-30-27(32-33-15-18-4-3-5-19(18)16-33)31-25(20)34(26(23)35)14-17-8-10-21(29)11-9-17/h1-2,6-13,18-19H,3-5,14-16H2,(H,30,31,32). The molecule has 2 fully saturated rings. The fourth-order valence-corrected chi connectivity index (χ4v) is 5.71. The van der Waals surface area contributed by atoms with Crippen LogP contribution in [0.4, 0.5) is 10.3 Å². The number of benzene rings is 2. The zero-order valence-electron chi connectivity index (χ0n) is 19.1. The molecule has 6 nitrogen and oxygen atoms in total. The zero-order valence-corrected chi connectivity index (χ0v) is 19.9. The summed E-state index contributed by atoms with van der Waals surface area (Å²) in [5, 5.41) is 3.41. The van der Waals surface area contributed by atoms with Crippen LogP contribution in [0.25, 0.3) is 22.2 Å². The Morgan fingerprint density at radius 2 is 1.77 bits per heavy atom. The van der Waals surface area contributed by atoms with Gasteiger partial charge in [-0.25, -0.2) is 14.4 Å². The first-order valence-electron chi connectivity index (χ1n) is 12.0. The molecule has 2 aromatic heterocycles. The number of halogens is 2. The second-order valence-corrected chi connectivity index (χ2v) is 9.90. The van der Waals surface area contributed by atoms with Gasteiger partial charge in [0.1, 0.15) is 11.5 Å². The minimum atomic E-state index is -0.319. The largest absolute Gasteiger partial charge is 0.288 e. The van der Waals surface area contributed by atoms with Crippen molar-refractivity contribution in [1.29, 1.82) is 0 Å². The molecule has 2 unspecified atom stereocenters. The van der Waals surface area contributed by atoms with Crippen molar-refractivity contribution in [2.75, 3.05) is 18.5 Å². The van der Waals surface area contributed by atoms with Gasteiger partial charge in [-0.05, 0) is 54.5 Å². The van der Waals surface area contributed by atoms with Crippen molar-refractivity contribution in [2.45, 2.75) is 25.8 Å². The van der Waals surface area contributed by atoms with Crippen molar-refractivity contribution in [3.8, 4) is 11.1 Å². The van der Waals surface area contributed by atoms with Gasteiger partial charge in [0.15, 0.2) is 0 Å². The van der Waals surface area contributed by atoms with Gasteiger partial charge in [-0.2, -0.15) is 4.98 Å². The Bertz CT molecular complexity index is 1440. The molecule has 35 heavy (non-hydrogen) atoms. The van der Waals surface area contributed by atoms with Gasteiger partial charge in [0.2, 0.25) is 5.95 Å². The predicted molar refractivity (Wildman–Crippen MR) is 136 cm³/mol. The van der Waals surface area contributed by atoms with Gasteiger partial charge in [0.25, 0.3) is 5.56 Å². The summed E-state index contributed by atoms with van der Waals surface area (Å²) in [5.41, 5.74) is 5.59. The molecule has 1 aliphatic carbocycles. The Hall–Kier alpha value is -3.29. The SMILES string of the molecule is O=c1c(-c2ccccc2Cl)cc2cnc(NN3CC4CCCC4C3)nc2n1Cc1ccc(F)cc1. The molecule has 2 aliphatic rings. The molecule has 0 bridgehead atoms. The molecule has 1 saturated heterocycles. The van der Waals surface area contributed by atoms with Crippen LogP contribution in [0.15, 0.2) is 65.6 Å². The highest BCUT2D eigenvalue weighted by atomic mass is 35.5. The predicted octanol–water partition coefficient (Wildman–Crippen LogP) is 5.36. The topological polar surface area (TPSA) is 63.1 Å². The van der Waals surface area contributed by atoms with E-state index in [9.17, 15) is 9.18 Å². The van der Waals surface area contributed by atoms with E-state index in [0.29, 0.717) is 27.7 Å². The lowest BCUT2D eigenvalue weighted by atomic mass is 10.0. The van der Waals surface area contributed by atoms with Crippen LogP contribution >= 0.6 is 11.6 Å². The summed E-state index contributed by atoms with van der Waals surface area (Å²) in [6, 6.07) is 15.2. The van der Waals surface area contributed by atoms with Gasteiger partial charge in [-0.3, -0.25) is 14.8 Å². The van der Waals surface area contributed by atoms with E-state index in [-0.39, 0.29) is 17.9 Å². The van der Waals surface area contributed by atoms with Crippen LogP contribution in [-0.2, 0) is 6.54 Å². The van der Waals surface area contributed by atoms with Gasteiger partial charge >= 0.3 is 0 Å². The molecular formula is C27H25ClFN5O. The average molecular weight is 490 g/mol. The minimum absolute atomic E-state index is 0.213. The van der Waals surface area contributed by atoms with E-state index in [4.69, 9.17) is 16.6 Å². The summed E-state index contributed by atoms with van der Waals surface area (Å²) < 4.78 is 15.1. The van der Waals surface area contributed by atoms with E-state index in [1.54, 1.807) is 35.0 Å². The molecule has 8 heteroatoms. The molecule has 0 spiro atoms. The molecule has 1 saturated carbocycles. The first kappa shape index (κ1) is 22.2. The van der Waals surface area contributed by atoms with E-state index in [1.165, 1.54) is 31.4 Å². The van der Waals surface area contributed by atoms with Crippen LogP contribution in [0.1, 0.15) is 24.8 Å². The Labute approximate surface area is 207 Å². The maximum Gasteiger partial charge on any atom is 0.260 e. The molecule has 178 valence electrons. The smallest absolute Gasteiger partial charge is 0.260 e. The van der Waals surface area contributed by atoms with Crippen molar-refractivity contribution in [3.63, 3.8) is 0 Å². The fourth-order valence-electron chi connectivity index (χ4n) is 5.47. The van der Waals surface area contributed by atoms with Crippen LogP contribution < -0.4 is 11.0 Å². The van der Waals surface area contributed by atoms with E-state index in [2.05, 4.69) is 15.4 Å². The summed E-state index contributed by atoms with van der Waals surface area (Å²) in [7, 11) is 0. The number of pyridine rings is 1. The summed E-state index contributed by atoms with van der Waals surface area (Å²) in [6.45, 7) is 2.22. The molecule has 2 aromatic carbocycles. The Balaban J connectivity index is 1.43. The number of fused-ring (bicyclic) bond motifs is 2. The number of hydrogen-bond donors (Lipinski definition) is 1. The van der Waals surface area contributed by atoms with Crippen molar-refractivity contribution in [1.82, 2.24) is 19.5 Å². The highest BCUT2D eigenvalue weighted by Crippen LogP contribution is 2.37. The monoisotopic (exact) mass is 489 g/mol. The molecule has 1 aliphatic heterocycles. The molecular weight excluding hydrogens is 465 g/mol. The van der Waals surface area contributed by atoms with E-state index >= 15 is 0 Å². The zero-order chi connectivity index (χ0) is 23.9. The lowest BCUT2D eigenvalue weighted by molar-refractivity contribution is 0.369. The summed E-state index contributed by atoms with van der Waals surface area (Å²) in [5.74, 6) is 1.62. The number of hydrazine groups is 1. The first-order chi connectivity index (χ1) is 17.0. The average Bonchev–Trinajstić information content (AvgIpc) is 3.45. The van der Waals surface area contributed by atoms with E-state index < -0.39 is 0 Å². The number of nitrogens with zero attached hydrogens (tertiary/aromatic N) is 4. The number of hydrogen-bond acceptors (Lipinski definition) is 5. The maximum absolute atomic E-state index is 13.7.